The number of hydrogen-bond acceptors (Lipinski definition) is 2. The minimum atomic E-state index is 0.266. The van der Waals surface area contributed by atoms with E-state index in [2.05, 4.69) is 18.0 Å². The standard InChI is InChI=1S/C15H15Cl2NO/c1-9-6-10(2)11(3)14(7-9)19-15-5-4-12(17)13(8-16)18-15/h4-7H,8H2,1-3H3. The zero-order chi connectivity index (χ0) is 14.0. The first-order chi connectivity index (χ1) is 9.01. The summed E-state index contributed by atoms with van der Waals surface area (Å²) in [6.07, 6.45) is 0. The third-order valence-electron chi connectivity index (χ3n) is 3.00. The summed E-state index contributed by atoms with van der Waals surface area (Å²) in [5.74, 6) is 1.59. The van der Waals surface area contributed by atoms with Gasteiger partial charge in [-0.3, -0.25) is 0 Å². The number of aromatic nitrogens is 1. The molecule has 0 saturated heterocycles. The molecule has 0 bridgehead atoms. The van der Waals surface area contributed by atoms with Crippen molar-refractivity contribution >= 4 is 23.2 Å². The summed E-state index contributed by atoms with van der Waals surface area (Å²) in [6.45, 7) is 6.13. The Morgan fingerprint density at radius 2 is 1.89 bits per heavy atom. The molecule has 0 atom stereocenters. The lowest BCUT2D eigenvalue weighted by Crippen LogP contribution is -1.95. The Morgan fingerprint density at radius 3 is 2.58 bits per heavy atom. The first kappa shape index (κ1) is 14.2. The van der Waals surface area contributed by atoms with Crippen LogP contribution in [0.3, 0.4) is 0 Å². The fourth-order valence-corrected chi connectivity index (χ4v) is 2.28. The maximum atomic E-state index is 5.98. The third-order valence-corrected chi connectivity index (χ3v) is 3.60. The van der Waals surface area contributed by atoms with Gasteiger partial charge in [-0.05, 0) is 49.6 Å². The van der Waals surface area contributed by atoms with Crippen molar-refractivity contribution in [2.45, 2.75) is 26.7 Å². The fourth-order valence-electron chi connectivity index (χ4n) is 1.83. The van der Waals surface area contributed by atoms with E-state index in [4.69, 9.17) is 27.9 Å². The Kier molecular flexibility index (Phi) is 4.33. The van der Waals surface area contributed by atoms with E-state index in [0.29, 0.717) is 16.6 Å². The average Bonchev–Trinajstić information content (AvgIpc) is 2.37. The first-order valence-electron chi connectivity index (χ1n) is 5.98. The highest BCUT2D eigenvalue weighted by Gasteiger charge is 2.08. The van der Waals surface area contributed by atoms with Gasteiger partial charge in [0.1, 0.15) is 5.75 Å². The van der Waals surface area contributed by atoms with Gasteiger partial charge in [0.15, 0.2) is 0 Å². The van der Waals surface area contributed by atoms with Crippen LogP contribution in [0, 0.1) is 20.8 Å². The van der Waals surface area contributed by atoms with Gasteiger partial charge in [-0.1, -0.05) is 17.7 Å². The third kappa shape index (κ3) is 3.20. The number of halogens is 2. The second-order valence-electron chi connectivity index (χ2n) is 4.52. The quantitative estimate of drug-likeness (QED) is 0.727. The van der Waals surface area contributed by atoms with Crippen LogP contribution in [-0.4, -0.2) is 4.98 Å². The Hall–Kier alpha value is -1.25. The summed E-state index contributed by atoms with van der Waals surface area (Å²) in [5.41, 5.74) is 4.09. The molecule has 1 aromatic carbocycles. The summed E-state index contributed by atoms with van der Waals surface area (Å²) in [6, 6.07) is 7.62. The van der Waals surface area contributed by atoms with Gasteiger partial charge in [0.25, 0.3) is 0 Å². The molecular formula is C15H15Cl2NO. The van der Waals surface area contributed by atoms with E-state index >= 15 is 0 Å². The normalized spacial score (nSPS) is 10.6. The number of hydrogen-bond donors (Lipinski definition) is 0. The predicted molar refractivity (Wildman–Crippen MR) is 79.5 cm³/mol. The van der Waals surface area contributed by atoms with E-state index in [0.717, 1.165) is 16.9 Å². The van der Waals surface area contributed by atoms with Crippen LogP contribution < -0.4 is 4.74 Å². The number of aryl methyl sites for hydroxylation is 2. The molecule has 0 N–H and O–H groups in total. The summed E-state index contributed by atoms with van der Waals surface area (Å²) >= 11 is 11.8. The molecular weight excluding hydrogens is 281 g/mol. The van der Waals surface area contributed by atoms with Crippen LogP contribution >= 0.6 is 23.2 Å². The average molecular weight is 296 g/mol. The molecule has 0 radical (unpaired) electrons. The van der Waals surface area contributed by atoms with Crippen molar-refractivity contribution in [3.05, 3.63) is 51.7 Å². The largest absolute Gasteiger partial charge is 0.439 e. The predicted octanol–water partition coefficient (Wildman–Crippen LogP) is 5.19. The van der Waals surface area contributed by atoms with Crippen LogP contribution in [0.5, 0.6) is 11.6 Å². The van der Waals surface area contributed by atoms with Crippen molar-refractivity contribution in [1.82, 2.24) is 4.98 Å². The Balaban J connectivity index is 2.36. The maximum Gasteiger partial charge on any atom is 0.219 e. The molecule has 1 heterocycles. The van der Waals surface area contributed by atoms with Gasteiger partial charge in [-0.15, -0.1) is 11.6 Å². The molecule has 0 amide bonds. The molecule has 1 aromatic heterocycles. The Labute approximate surface area is 123 Å². The summed E-state index contributed by atoms with van der Waals surface area (Å²) in [5, 5.41) is 0.555. The van der Waals surface area contributed by atoms with Crippen molar-refractivity contribution in [2.75, 3.05) is 0 Å². The van der Waals surface area contributed by atoms with Crippen molar-refractivity contribution in [1.29, 1.82) is 0 Å². The molecule has 0 aliphatic carbocycles. The summed E-state index contributed by atoms with van der Waals surface area (Å²) in [4.78, 5) is 4.30. The molecule has 2 aromatic rings. The smallest absolute Gasteiger partial charge is 0.219 e. The number of benzene rings is 1. The number of alkyl halides is 1. The van der Waals surface area contributed by atoms with Crippen LogP contribution in [0.1, 0.15) is 22.4 Å². The first-order valence-corrected chi connectivity index (χ1v) is 6.89. The minimum Gasteiger partial charge on any atom is -0.439 e. The van der Waals surface area contributed by atoms with Crippen molar-refractivity contribution in [3.63, 3.8) is 0 Å². The van der Waals surface area contributed by atoms with E-state index in [9.17, 15) is 0 Å². The van der Waals surface area contributed by atoms with Crippen molar-refractivity contribution < 1.29 is 4.74 Å². The maximum absolute atomic E-state index is 5.98. The number of rotatable bonds is 3. The molecule has 2 rings (SSSR count). The van der Waals surface area contributed by atoms with Crippen molar-refractivity contribution in [3.8, 4) is 11.6 Å². The molecule has 0 aliphatic rings. The highest BCUT2D eigenvalue weighted by atomic mass is 35.5. The fraction of sp³-hybridized carbons (Fsp3) is 0.267. The Morgan fingerprint density at radius 1 is 1.16 bits per heavy atom. The number of pyridine rings is 1. The van der Waals surface area contributed by atoms with Gasteiger partial charge >= 0.3 is 0 Å². The molecule has 0 fully saturated rings. The zero-order valence-electron chi connectivity index (χ0n) is 11.1. The number of ether oxygens (including phenoxy) is 1. The lowest BCUT2D eigenvalue weighted by molar-refractivity contribution is 0.457. The second-order valence-corrected chi connectivity index (χ2v) is 5.19. The van der Waals surface area contributed by atoms with E-state index < -0.39 is 0 Å². The Bertz CT molecular complexity index is 611. The van der Waals surface area contributed by atoms with E-state index in [1.54, 1.807) is 12.1 Å². The molecule has 0 unspecified atom stereocenters. The molecule has 0 saturated carbocycles. The lowest BCUT2D eigenvalue weighted by Gasteiger charge is -2.12. The SMILES string of the molecule is Cc1cc(C)c(C)c(Oc2ccc(Cl)c(CCl)n2)c1. The number of nitrogens with zero attached hydrogens (tertiary/aromatic N) is 1. The van der Waals surface area contributed by atoms with Gasteiger partial charge in [0.2, 0.25) is 5.88 Å². The molecule has 19 heavy (non-hydrogen) atoms. The molecule has 0 spiro atoms. The lowest BCUT2D eigenvalue weighted by atomic mass is 10.1. The monoisotopic (exact) mass is 295 g/mol. The molecule has 0 aliphatic heterocycles. The summed E-state index contributed by atoms with van der Waals surface area (Å²) < 4.78 is 5.84. The van der Waals surface area contributed by atoms with Gasteiger partial charge in [0.05, 0.1) is 16.6 Å². The van der Waals surface area contributed by atoms with Crippen LogP contribution in [0.4, 0.5) is 0 Å². The molecule has 4 heteroatoms. The van der Waals surface area contributed by atoms with Crippen molar-refractivity contribution in [2.24, 2.45) is 0 Å². The topological polar surface area (TPSA) is 22.1 Å². The van der Waals surface area contributed by atoms with Crippen LogP contribution in [0.2, 0.25) is 5.02 Å². The van der Waals surface area contributed by atoms with Gasteiger partial charge < -0.3 is 4.74 Å². The van der Waals surface area contributed by atoms with Crippen LogP contribution in [-0.2, 0) is 5.88 Å². The minimum absolute atomic E-state index is 0.266. The van der Waals surface area contributed by atoms with Crippen LogP contribution in [0.25, 0.3) is 0 Å². The summed E-state index contributed by atoms with van der Waals surface area (Å²) in [7, 11) is 0. The van der Waals surface area contributed by atoms with Gasteiger partial charge in [-0.2, -0.15) is 0 Å². The van der Waals surface area contributed by atoms with E-state index in [1.165, 1.54) is 5.56 Å². The van der Waals surface area contributed by atoms with Crippen LogP contribution in [0.15, 0.2) is 24.3 Å². The molecule has 100 valence electrons. The van der Waals surface area contributed by atoms with E-state index in [1.807, 2.05) is 19.9 Å². The van der Waals surface area contributed by atoms with E-state index in [-0.39, 0.29) is 5.88 Å². The second kappa shape index (κ2) is 5.81. The zero-order valence-corrected chi connectivity index (χ0v) is 12.6. The highest BCUT2D eigenvalue weighted by molar-refractivity contribution is 6.32. The highest BCUT2D eigenvalue weighted by Crippen LogP contribution is 2.29. The van der Waals surface area contributed by atoms with Gasteiger partial charge in [0, 0.05) is 6.07 Å². The molecule has 2 nitrogen and oxygen atoms in total. The van der Waals surface area contributed by atoms with Gasteiger partial charge in [-0.25, -0.2) is 4.98 Å².